The Bertz CT molecular complexity index is 860. The molecule has 1 N–H and O–H groups in total. The van der Waals surface area contributed by atoms with Gasteiger partial charge in [0, 0.05) is 18.6 Å². The van der Waals surface area contributed by atoms with Crippen LogP contribution >= 0.6 is 11.3 Å². The molecular weight excluding hydrogens is 303 g/mol. The van der Waals surface area contributed by atoms with E-state index in [9.17, 15) is 9.18 Å². The van der Waals surface area contributed by atoms with Crippen molar-refractivity contribution in [3.05, 3.63) is 47.8 Å². The average molecular weight is 316 g/mol. The Morgan fingerprint density at radius 2 is 2.09 bits per heavy atom. The highest BCUT2D eigenvalue weighted by atomic mass is 32.1. The van der Waals surface area contributed by atoms with E-state index in [2.05, 4.69) is 10.5 Å². The Labute approximate surface area is 130 Å². The Morgan fingerprint density at radius 1 is 1.27 bits per heavy atom. The summed E-state index contributed by atoms with van der Waals surface area (Å²) < 4.78 is 14.2. The first kappa shape index (κ1) is 14.5. The largest absolute Gasteiger partial charge is 0.344 e. The molecule has 3 aromatic rings. The first-order valence-electron chi connectivity index (χ1n) is 6.63. The zero-order chi connectivity index (χ0) is 15.7. The number of benzene rings is 2. The quantitative estimate of drug-likeness (QED) is 0.732. The van der Waals surface area contributed by atoms with Crippen LogP contribution in [0.15, 0.2) is 36.4 Å². The van der Waals surface area contributed by atoms with Crippen molar-refractivity contribution in [2.24, 2.45) is 0 Å². The van der Waals surface area contributed by atoms with Gasteiger partial charge in [0.05, 0.1) is 15.9 Å². The normalized spacial score (nSPS) is 10.7. The van der Waals surface area contributed by atoms with E-state index in [0.29, 0.717) is 11.2 Å². The van der Waals surface area contributed by atoms with Gasteiger partial charge < -0.3 is 4.84 Å². The van der Waals surface area contributed by atoms with Crippen molar-refractivity contribution >= 4 is 33.2 Å². The third-order valence-electron chi connectivity index (χ3n) is 3.12. The van der Waals surface area contributed by atoms with Crippen molar-refractivity contribution in [2.75, 3.05) is 5.48 Å². The van der Waals surface area contributed by atoms with Crippen LogP contribution < -0.4 is 5.48 Å². The maximum atomic E-state index is 13.2. The number of halogens is 1. The first-order valence-corrected chi connectivity index (χ1v) is 7.45. The molecule has 3 rings (SSSR count). The first-order chi connectivity index (χ1) is 10.5. The number of carbonyl (C=O) groups is 1. The third kappa shape index (κ3) is 2.92. The lowest BCUT2D eigenvalue weighted by atomic mass is 10.1. The molecule has 0 fully saturated rings. The Morgan fingerprint density at radius 3 is 2.82 bits per heavy atom. The molecule has 0 saturated heterocycles. The van der Waals surface area contributed by atoms with Crippen molar-refractivity contribution in [1.29, 1.82) is 0 Å². The molecule has 1 aromatic heterocycles. The highest BCUT2D eigenvalue weighted by Crippen LogP contribution is 2.33. The minimum Gasteiger partial charge on any atom is -0.344 e. The van der Waals surface area contributed by atoms with E-state index in [1.807, 2.05) is 19.1 Å². The number of fused-ring (bicyclic) bond motifs is 1. The Kier molecular flexibility index (Phi) is 3.77. The fraction of sp³-hybridized carbons (Fsp3) is 0.125. The van der Waals surface area contributed by atoms with Crippen LogP contribution in [0.5, 0.6) is 0 Å². The molecule has 0 aliphatic carbocycles. The van der Waals surface area contributed by atoms with Crippen molar-refractivity contribution in [2.45, 2.75) is 13.8 Å². The maximum absolute atomic E-state index is 13.2. The van der Waals surface area contributed by atoms with Crippen molar-refractivity contribution < 1.29 is 14.0 Å². The van der Waals surface area contributed by atoms with Crippen LogP contribution in [0.3, 0.4) is 0 Å². The standard InChI is InChI=1S/C16H13FN2O2S/c1-9-7-12(19-21-10(2)20)4-5-13(9)16-18-14-8-11(17)3-6-15(14)22-16/h3-8,19H,1-2H3. The van der Waals surface area contributed by atoms with Crippen molar-refractivity contribution in [1.82, 2.24) is 4.98 Å². The van der Waals surface area contributed by atoms with Gasteiger partial charge in [-0.1, -0.05) is 0 Å². The molecule has 0 unspecified atom stereocenters. The van der Waals surface area contributed by atoms with E-state index in [1.165, 1.54) is 30.4 Å². The predicted octanol–water partition coefficient (Wildman–Crippen LogP) is 4.30. The fourth-order valence-electron chi connectivity index (χ4n) is 2.11. The van der Waals surface area contributed by atoms with Gasteiger partial charge >= 0.3 is 5.97 Å². The molecule has 0 aliphatic rings. The van der Waals surface area contributed by atoms with E-state index in [-0.39, 0.29) is 5.82 Å². The van der Waals surface area contributed by atoms with Crippen LogP contribution in [0, 0.1) is 12.7 Å². The van der Waals surface area contributed by atoms with Gasteiger partial charge in [0.25, 0.3) is 0 Å². The Hall–Kier alpha value is -2.47. The van der Waals surface area contributed by atoms with Gasteiger partial charge in [0.1, 0.15) is 10.8 Å². The summed E-state index contributed by atoms with van der Waals surface area (Å²) in [6, 6.07) is 10.2. The van der Waals surface area contributed by atoms with Gasteiger partial charge in [-0.3, -0.25) is 4.79 Å². The van der Waals surface area contributed by atoms with E-state index in [0.717, 1.165) is 20.8 Å². The molecule has 22 heavy (non-hydrogen) atoms. The topological polar surface area (TPSA) is 51.2 Å². The number of anilines is 1. The van der Waals surface area contributed by atoms with Gasteiger partial charge in [0.2, 0.25) is 0 Å². The van der Waals surface area contributed by atoms with Crippen molar-refractivity contribution in [3.8, 4) is 10.6 Å². The van der Waals surface area contributed by atoms with Gasteiger partial charge in [-0.2, -0.15) is 0 Å². The lowest BCUT2D eigenvalue weighted by Crippen LogP contribution is -2.06. The molecule has 0 atom stereocenters. The molecule has 0 aliphatic heterocycles. The van der Waals surface area contributed by atoms with E-state index in [1.54, 1.807) is 12.1 Å². The van der Waals surface area contributed by atoms with Crippen LogP contribution in [-0.4, -0.2) is 11.0 Å². The summed E-state index contributed by atoms with van der Waals surface area (Å²) in [5, 5.41) is 0.831. The average Bonchev–Trinajstić information content (AvgIpc) is 2.87. The molecule has 4 nitrogen and oxygen atoms in total. The van der Waals surface area contributed by atoms with E-state index >= 15 is 0 Å². The van der Waals surface area contributed by atoms with E-state index < -0.39 is 5.97 Å². The molecule has 0 amide bonds. The summed E-state index contributed by atoms with van der Waals surface area (Å²) in [5.41, 5.74) is 5.87. The van der Waals surface area contributed by atoms with Gasteiger partial charge in [-0.15, -0.1) is 11.3 Å². The molecular formula is C16H13FN2O2S. The minimum atomic E-state index is -0.407. The van der Waals surface area contributed by atoms with Crippen molar-refractivity contribution in [3.63, 3.8) is 0 Å². The lowest BCUT2D eigenvalue weighted by Gasteiger charge is -2.08. The van der Waals surface area contributed by atoms with Crippen LogP contribution in [-0.2, 0) is 9.63 Å². The van der Waals surface area contributed by atoms with Gasteiger partial charge in [0.15, 0.2) is 0 Å². The zero-order valence-corrected chi connectivity index (χ0v) is 12.8. The summed E-state index contributed by atoms with van der Waals surface area (Å²) in [4.78, 5) is 20.0. The monoisotopic (exact) mass is 316 g/mol. The molecule has 1 heterocycles. The van der Waals surface area contributed by atoms with E-state index in [4.69, 9.17) is 4.84 Å². The van der Waals surface area contributed by atoms with Crippen LogP contribution in [0.1, 0.15) is 12.5 Å². The van der Waals surface area contributed by atoms with Gasteiger partial charge in [-0.05, 0) is 42.8 Å². The number of nitrogens with one attached hydrogen (secondary N) is 1. The number of aromatic nitrogens is 1. The Balaban J connectivity index is 1.94. The molecule has 0 radical (unpaired) electrons. The predicted molar refractivity (Wildman–Crippen MR) is 85.1 cm³/mol. The van der Waals surface area contributed by atoms with Gasteiger partial charge in [-0.25, -0.2) is 14.9 Å². The smallest absolute Gasteiger partial charge is 0.329 e. The number of rotatable bonds is 3. The molecule has 0 bridgehead atoms. The number of nitrogens with zero attached hydrogens (tertiary/aromatic N) is 1. The summed E-state index contributed by atoms with van der Waals surface area (Å²) in [7, 11) is 0. The molecule has 0 spiro atoms. The minimum absolute atomic E-state index is 0.290. The van der Waals surface area contributed by atoms with Crippen LogP contribution in [0.2, 0.25) is 0 Å². The molecule has 112 valence electrons. The zero-order valence-electron chi connectivity index (χ0n) is 12.0. The number of hydrogen-bond donors (Lipinski definition) is 1. The molecule has 6 heteroatoms. The second-order valence-electron chi connectivity index (χ2n) is 4.86. The maximum Gasteiger partial charge on any atom is 0.329 e. The fourth-order valence-corrected chi connectivity index (χ4v) is 3.15. The SMILES string of the molecule is CC(=O)ONc1ccc(-c2nc3cc(F)ccc3s2)c(C)c1. The molecule has 2 aromatic carbocycles. The number of thiazole rings is 1. The van der Waals surface area contributed by atoms with Crippen LogP contribution in [0.4, 0.5) is 10.1 Å². The lowest BCUT2D eigenvalue weighted by molar-refractivity contribution is -0.138. The third-order valence-corrected chi connectivity index (χ3v) is 4.19. The second kappa shape index (κ2) is 5.73. The number of aryl methyl sites for hydroxylation is 1. The molecule has 0 saturated carbocycles. The summed E-state index contributed by atoms with van der Waals surface area (Å²) in [6.07, 6.45) is 0. The highest BCUT2D eigenvalue weighted by Gasteiger charge is 2.10. The van der Waals surface area contributed by atoms with Crippen LogP contribution in [0.25, 0.3) is 20.8 Å². The summed E-state index contributed by atoms with van der Waals surface area (Å²) in [6.45, 7) is 3.27. The second-order valence-corrected chi connectivity index (χ2v) is 5.89. The highest BCUT2D eigenvalue weighted by molar-refractivity contribution is 7.21. The number of carbonyl (C=O) groups excluding carboxylic acids is 1. The number of hydrogen-bond acceptors (Lipinski definition) is 5. The summed E-state index contributed by atoms with van der Waals surface area (Å²) >= 11 is 1.51. The summed E-state index contributed by atoms with van der Waals surface area (Å²) in [5.74, 6) is -0.697.